The quantitative estimate of drug-likeness (QED) is 0.623. The van der Waals surface area contributed by atoms with Crippen LogP contribution >= 0.6 is 11.3 Å². The van der Waals surface area contributed by atoms with E-state index >= 15 is 0 Å². The first-order chi connectivity index (χ1) is 13.0. The first-order valence-corrected chi connectivity index (χ1v) is 9.74. The Labute approximate surface area is 164 Å². The number of rotatable bonds is 7. The SMILES string of the molecule is COc1ccc(CC(=O)N(CCN(C)C)c2nc3c(C)cccc3s2)cc1. The number of aromatic nitrogens is 1. The van der Waals surface area contributed by atoms with Gasteiger partial charge in [0.25, 0.3) is 0 Å². The van der Waals surface area contributed by atoms with Crippen molar-refractivity contribution in [1.82, 2.24) is 9.88 Å². The van der Waals surface area contributed by atoms with Crippen molar-refractivity contribution in [1.29, 1.82) is 0 Å². The van der Waals surface area contributed by atoms with E-state index < -0.39 is 0 Å². The standard InChI is InChI=1S/C21H25N3O2S/c1-15-6-5-7-18-20(15)22-21(27-18)24(13-12-23(2)3)19(25)14-16-8-10-17(26-4)11-9-16/h5-11H,12-14H2,1-4H3. The molecule has 3 aromatic rings. The Kier molecular flexibility index (Phi) is 6.08. The van der Waals surface area contributed by atoms with Crippen LogP contribution in [0.3, 0.4) is 0 Å². The maximum absolute atomic E-state index is 13.1. The molecule has 6 heteroatoms. The van der Waals surface area contributed by atoms with Gasteiger partial charge in [-0.1, -0.05) is 35.6 Å². The van der Waals surface area contributed by atoms with E-state index in [4.69, 9.17) is 9.72 Å². The van der Waals surface area contributed by atoms with E-state index in [1.807, 2.05) is 49.3 Å². The van der Waals surface area contributed by atoms with Crippen molar-refractivity contribution in [3.8, 4) is 5.75 Å². The largest absolute Gasteiger partial charge is 0.497 e. The summed E-state index contributed by atoms with van der Waals surface area (Å²) in [6, 6.07) is 13.8. The Balaban J connectivity index is 1.86. The van der Waals surface area contributed by atoms with Gasteiger partial charge in [-0.25, -0.2) is 4.98 Å². The van der Waals surface area contributed by atoms with Crippen LogP contribution in [0, 0.1) is 6.92 Å². The highest BCUT2D eigenvalue weighted by Crippen LogP contribution is 2.31. The van der Waals surface area contributed by atoms with Gasteiger partial charge in [0.2, 0.25) is 5.91 Å². The topological polar surface area (TPSA) is 45.7 Å². The number of para-hydroxylation sites is 1. The summed E-state index contributed by atoms with van der Waals surface area (Å²) in [5.74, 6) is 0.844. The molecule has 0 N–H and O–H groups in total. The lowest BCUT2D eigenvalue weighted by molar-refractivity contribution is -0.118. The minimum absolute atomic E-state index is 0.0544. The first-order valence-electron chi connectivity index (χ1n) is 8.92. The van der Waals surface area contributed by atoms with E-state index in [9.17, 15) is 4.79 Å². The number of amides is 1. The number of carbonyl (C=O) groups is 1. The van der Waals surface area contributed by atoms with E-state index in [2.05, 4.69) is 24.0 Å². The Morgan fingerprint density at radius 1 is 1.11 bits per heavy atom. The van der Waals surface area contributed by atoms with Crippen LogP contribution < -0.4 is 9.64 Å². The van der Waals surface area contributed by atoms with E-state index in [-0.39, 0.29) is 5.91 Å². The monoisotopic (exact) mass is 383 g/mol. The fourth-order valence-corrected chi connectivity index (χ4v) is 3.92. The predicted molar refractivity (Wildman–Crippen MR) is 112 cm³/mol. The molecule has 2 aromatic carbocycles. The van der Waals surface area contributed by atoms with Crippen molar-refractivity contribution in [3.05, 3.63) is 53.6 Å². The number of nitrogens with zero attached hydrogens (tertiary/aromatic N) is 3. The lowest BCUT2D eigenvalue weighted by Crippen LogP contribution is -2.37. The molecular weight excluding hydrogens is 358 g/mol. The fourth-order valence-electron chi connectivity index (χ4n) is 2.83. The van der Waals surface area contributed by atoms with Crippen LogP contribution in [0.1, 0.15) is 11.1 Å². The van der Waals surface area contributed by atoms with Crippen LogP contribution in [-0.4, -0.2) is 50.1 Å². The van der Waals surface area contributed by atoms with Crippen molar-refractivity contribution < 1.29 is 9.53 Å². The molecule has 0 saturated carbocycles. The molecule has 3 rings (SSSR count). The molecular formula is C21H25N3O2S. The van der Waals surface area contributed by atoms with Crippen LogP contribution in [0.2, 0.25) is 0 Å². The number of likely N-dealkylation sites (N-methyl/N-ethyl adjacent to an activating group) is 1. The molecule has 1 heterocycles. The molecule has 1 aromatic heterocycles. The molecule has 0 bridgehead atoms. The molecule has 0 aliphatic rings. The zero-order chi connectivity index (χ0) is 19.4. The number of thiazole rings is 1. The van der Waals surface area contributed by atoms with Crippen molar-refractivity contribution >= 4 is 32.6 Å². The Bertz CT molecular complexity index is 919. The number of hydrogen-bond donors (Lipinski definition) is 0. The van der Waals surface area contributed by atoms with Crippen LogP contribution in [0.4, 0.5) is 5.13 Å². The first kappa shape index (κ1) is 19.3. The van der Waals surface area contributed by atoms with Gasteiger partial charge < -0.3 is 9.64 Å². The highest BCUT2D eigenvalue weighted by atomic mass is 32.1. The Hall–Kier alpha value is -2.44. The molecule has 0 aliphatic carbocycles. The average Bonchev–Trinajstić information content (AvgIpc) is 3.07. The van der Waals surface area contributed by atoms with Crippen molar-refractivity contribution in [2.75, 3.05) is 39.2 Å². The van der Waals surface area contributed by atoms with Crippen molar-refractivity contribution in [3.63, 3.8) is 0 Å². The molecule has 0 saturated heterocycles. The molecule has 0 aliphatic heterocycles. The van der Waals surface area contributed by atoms with Crippen molar-refractivity contribution in [2.45, 2.75) is 13.3 Å². The number of fused-ring (bicyclic) bond motifs is 1. The van der Waals surface area contributed by atoms with Crippen LogP contribution in [0.15, 0.2) is 42.5 Å². The number of ether oxygens (including phenoxy) is 1. The second kappa shape index (κ2) is 8.50. The maximum Gasteiger partial charge on any atom is 0.233 e. The Morgan fingerprint density at radius 2 is 1.85 bits per heavy atom. The zero-order valence-corrected chi connectivity index (χ0v) is 17.0. The van der Waals surface area contributed by atoms with E-state index in [0.29, 0.717) is 13.0 Å². The number of benzene rings is 2. The lowest BCUT2D eigenvalue weighted by Gasteiger charge is -2.22. The van der Waals surface area contributed by atoms with Gasteiger partial charge in [-0.3, -0.25) is 9.69 Å². The third-order valence-corrected chi connectivity index (χ3v) is 5.47. The van der Waals surface area contributed by atoms with Gasteiger partial charge in [0.1, 0.15) is 5.75 Å². The summed E-state index contributed by atoms with van der Waals surface area (Å²) >= 11 is 1.57. The van der Waals surface area contributed by atoms with Gasteiger partial charge in [0.15, 0.2) is 5.13 Å². The maximum atomic E-state index is 13.1. The van der Waals surface area contributed by atoms with Crippen LogP contribution in [0.5, 0.6) is 5.75 Å². The van der Waals surface area contributed by atoms with E-state index in [1.165, 1.54) is 0 Å². The van der Waals surface area contributed by atoms with Crippen LogP contribution in [0.25, 0.3) is 10.2 Å². The molecule has 0 radical (unpaired) electrons. The van der Waals surface area contributed by atoms with Crippen molar-refractivity contribution in [2.24, 2.45) is 0 Å². The zero-order valence-electron chi connectivity index (χ0n) is 16.2. The molecule has 142 valence electrons. The summed E-state index contributed by atoms with van der Waals surface area (Å²) in [5, 5.41) is 0.764. The molecule has 27 heavy (non-hydrogen) atoms. The number of carbonyl (C=O) groups excluding carboxylic acids is 1. The molecule has 0 atom stereocenters. The van der Waals surface area contributed by atoms with Gasteiger partial charge in [0.05, 0.1) is 23.7 Å². The molecule has 0 fully saturated rings. The number of anilines is 1. The molecule has 5 nitrogen and oxygen atoms in total. The average molecular weight is 384 g/mol. The fraction of sp³-hybridized carbons (Fsp3) is 0.333. The molecule has 1 amide bonds. The van der Waals surface area contributed by atoms with Gasteiger partial charge in [0, 0.05) is 13.1 Å². The summed E-state index contributed by atoms with van der Waals surface area (Å²) in [4.78, 5) is 21.7. The summed E-state index contributed by atoms with van der Waals surface area (Å²) in [7, 11) is 5.65. The van der Waals surface area contributed by atoms with Gasteiger partial charge in [-0.05, 0) is 50.3 Å². The smallest absolute Gasteiger partial charge is 0.233 e. The minimum atomic E-state index is 0.0544. The molecule has 0 unspecified atom stereocenters. The highest BCUT2D eigenvalue weighted by Gasteiger charge is 2.20. The van der Waals surface area contributed by atoms with Crippen LogP contribution in [-0.2, 0) is 11.2 Å². The van der Waals surface area contributed by atoms with Gasteiger partial charge >= 0.3 is 0 Å². The number of aryl methyl sites for hydroxylation is 1. The number of methoxy groups -OCH3 is 1. The normalized spacial score (nSPS) is 11.1. The summed E-state index contributed by atoms with van der Waals surface area (Å²) < 4.78 is 6.30. The highest BCUT2D eigenvalue weighted by molar-refractivity contribution is 7.22. The van der Waals surface area contributed by atoms with Gasteiger partial charge in [-0.2, -0.15) is 0 Å². The van der Waals surface area contributed by atoms with E-state index in [1.54, 1.807) is 18.4 Å². The Morgan fingerprint density at radius 3 is 2.48 bits per heavy atom. The molecule has 0 spiro atoms. The number of hydrogen-bond acceptors (Lipinski definition) is 5. The second-order valence-electron chi connectivity index (χ2n) is 6.79. The van der Waals surface area contributed by atoms with Gasteiger partial charge in [-0.15, -0.1) is 0 Å². The minimum Gasteiger partial charge on any atom is -0.497 e. The second-order valence-corrected chi connectivity index (χ2v) is 7.80. The third kappa shape index (κ3) is 4.64. The third-order valence-electron chi connectivity index (χ3n) is 4.43. The predicted octanol–water partition coefficient (Wildman–Crippen LogP) is 3.75. The summed E-state index contributed by atoms with van der Waals surface area (Å²) in [5.41, 5.74) is 3.07. The summed E-state index contributed by atoms with van der Waals surface area (Å²) in [6.45, 7) is 3.44. The van der Waals surface area contributed by atoms with E-state index in [0.717, 1.165) is 38.8 Å². The lowest BCUT2D eigenvalue weighted by atomic mass is 10.1. The summed E-state index contributed by atoms with van der Waals surface area (Å²) in [6.07, 6.45) is 0.340.